The Morgan fingerprint density at radius 2 is 2.25 bits per heavy atom. The molecule has 0 aliphatic heterocycles. The molecule has 7 heteroatoms. The second-order valence-corrected chi connectivity index (χ2v) is 3.37. The summed E-state index contributed by atoms with van der Waals surface area (Å²) < 4.78 is 5.09. The molecule has 0 atom stereocenters. The van der Waals surface area contributed by atoms with Crippen LogP contribution in [0.5, 0.6) is 5.88 Å². The fraction of sp³-hybridized carbons (Fsp3) is 0.556. The number of hydrogen-bond donors (Lipinski definition) is 1. The Morgan fingerprint density at radius 3 is 2.75 bits per heavy atom. The fourth-order valence-corrected chi connectivity index (χ4v) is 1.15. The number of ether oxygens (including phenoxy) is 1. The Hall–Kier alpha value is -1.92. The molecular weight excluding hydrogens is 212 g/mol. The highest BCUT2D eigenvalue weighted by Gasteiger charge is 2.24. The molecule has 0 radical (unpaired) electrons. The van der Waals surface area contributed by atoms with Crippen LogP contribution in [0.4, 0.5) is 11.5 Å². The maximum atomic E-state index is 10.9. The van der Waals surface area contributed by atoms with E-state index in [0.29, 0.717) is 6.61 Å². The van der Waals surface area contributed by atoms with Crippen molar-refractivity contribution < 1.29 is 9.66 Å². The van der Waals surface area contributed by atoms with Gasteiger partial charge in [0, 0.05) is 6.04 Å². The van der Waals surface area contributed by atoms with Gasteiger partial charge in [-0.25, -0.2) is 4.98 Å². The minimum Gasteiger partial charge on any atom is -0.473 e. The second-order valence-electron chi connectivity index (χ2n) is 3.37. The Morgan fingerprint density at radius 1 is 1.56 bits per heavy atom. The van der Waals surface area contributed by atoms with E-state index in [1.165, 1.54) is 6.33 Å². The maximum absolute atomic E-state index is 10.9. The molecule has 0 bridgehead atoms. The van der Waals surface area contributed by atoms with Crippen LogP contribution in [-0.2, 0) is 0 Å². The lowest BCUT2D eigenvalue weighted by Crippen LogP contribution is -2.14. The van der Waals surface area contributed by atoms with E-state index in [4.69, 9.17) is 4.74 Å². The monoisotopic (exact) mass is 226 g/mol. The van der Waals surface area contributed by atoms with Gasteiger partial charge in [-0.15, -0.1) is 0 Å². The van der Waals surface area contributed by atoms with Crippen LogP contribution in [0.15, 0.2) is 6.33 Å². The number of hydrogen-bond acceptors (Lipinski definition) is 6. The van der Waals surface area contributed by atoms with Crippen molar-refractivity contribution in [2.75, 3.05) is 11.9 Å². The van der Waals surface area contributed by atoms with Gasteiger partial charge in [0.05, 0.1) is 11.5 Å². The van der Waals surface area contributed by atoms with Crippen LogP contribution in [-0.4, -0.2) is 27.5 Å². The molecule has 88 valence electrons. The van der Waals surface area contributed by atoms with Gasteiger partial charge in [0.2, 0.25) is 5.82 Å². The third kappa shape index (κ3) is 2.78. The molecule has 16 heavy (non-hydrogen) atoms. The van der Waals surface area contributed by atoms with E-state index in [1.807, 2.05) is 13.8 Å². The zero-order valence-electron chi connectivity index (χ0n) is 9.43. The van der Waals surface area contributed by atoms with Crippen LogP contribution in [0.1, 0.15) is 20.8 Å². The molecule has 0 fully saturated rings. The van der Waals surface area contributed by atoms with Crippen LogP contribution in [0, 0.1) is 10.1 Å². The Balaban J connectivity index is 3.16. The van der Waals surface area contributed by atoms with Gasteiger partial charge in [-0.05, 0) is 20.8 Å². The maximum Gasteiger partial charge on any atom is 0.372 e. The first-order chi connectivity index (χ1) is 7.56. The third-order valence-corrected chi connectivity index (χ3v) is 1.68. The van der Waals surface area contributed by atoms with E-state index in [0.717, 1.165) is 0 Å². The van der Waals surface area contributed by atoms with Crippen molar-refractivity contribution in [3.8, 4) is 5.88 Å². The third-order valence-electron chi connectivity index (χ3n) is 1.68. The average Bonchev–Trinajstić information content (AvgIpc) is 2.16. The molecule has 1 rings (SSSR count). The highest BCUT2D eigenvalue weighted by Crippen LogP contribution is 2.30. The predicted octanol–water partition coefficient (Wildman–Crippen LogP) is 1.60. The van der Waals surface area contributed by atoms with Gasteiger partial charge in [0.25, 0.3) is 5.88 Å². The SMILES string of the molecule is CCOc1ncnc(NC(C)C)c1[N+](=O)[O-]. The Bertz CT molecular complexity index is 381. The molecule has 1 aromatic heterocycles. The number of nitrogens with zero attached hydrogens (tertiary/aromatic N) is 3. The zero-order valence-corrected chi connectivity index (χ0v) is 9.43. The average molecular weight is 226 g/mol. The summed E-state index contributed by atoms with van der Waals surface area (Å²) in [6.45, 7) is 5.79. The van der Waals surface area contributed by atoms with E-state index in [1.54, 1.807) is 6.92 Å². The lowest BCUT2D eigenvalue weighted by atomic mass is 10.3. The normalized spacial score (nSPS) is 10.2. The molecular formula is C9H14N4O3. The first kappa shape index (κ1) is 12.2. The summed E-state index contributed by atoms with van der Waals surface area (Å²) in [5, 5.41) is 13.8. The summed E-state index contributed by atoms with van der Waals surface area (Å²) >= 11 is 0. The van der Waals surface area contributed by atoms with Crippen molar-refractivity contribution >= 4 is 11.5 Å². The number of anilines is 1. The van der Waals surface area contributed by atoms with Crippen LogP contribution in [0.3, 0.4) is 0 Å². The highest BCUT2D eigenvalue weighted by atomic mass is 16.6. The molecule has 0 unspecified atom stereocenters. The topological polar surface area (TPSA) is 90.2 Å². The fourth-order valence-electron chi connectivity index (χ4n) is 1.15. The van der Waals surface area contributed by atoms with E-state index in [-0.39, 0.29) is 23.4 Å². The summed E-state index contributed by atoms with van der Waals surface area (Å²) in [4.78, 5) is 17.9. The van der Waals surface area contributed by atoms with Crippen molar-refractivity contribution in [1.82, 2.24) is 9.97 Å². The van der Waals surface area contributed by atoms with Gasteiger partial charge in [-0.3, -0.25) is 10.1 Å². The highest BCUT2D eigenvalue weighted by molar-refractivity contribution is 5.61. The Kier molecular flexibility index (Phi) is 3.98. The van der Waals surface area contributed by atoms with Crippen LogP contribution in [0.25, 0.3) is 0 Å². The summed E-state index contributed by atoms with van der Waals surface area (Å²) in [6.07, 6.45) is 1.24. The molecule has 0 saturated carbocycles. The minimum atomic E-state index is -0.546. The van der Waals surface area contributed by atoms with Crippen molar-refractivity contribution in [1.29, 1.82) is 0 Å². The minimum absolute atomic E-state index is 0.00866. The first-order valence-corrected chi connectivity index (χ1v) is 4.95. The number of rotatable bonds is 5. The lowest BCUT2D eigenvalue weighted by molar-refractivity contribution is -0.385. The lowest BCUT2D eigenvalue weighted by Gasteiger charge is -2.10. The van der Waals surface area contributed by atoms with Crippen LogP contribution >= 0.6 is 0 Å². The first-order valence-electron chi connectivity index (χ1n) is 4.95. The molecule has 0 amide bonds. The molecule has 7 nitrogen and oxygen atoms in total. The second kappa shape index (κ2) is 5.24. The van der Waals surface area contributed by atoms with E-state index in [9.17, 15) is 10.1 Å². The van der Waals surface area contributed by atoms with Gasteiger partial charge in [0.1, 0.15) is 6.33 Å². The van der Waals surface area contributed by atoms with E-state index in [2.05, 4.69) is 15.3 Å². The summed E-state index contributed by atoms with van der Waals surface area (Å²) in [6, 6.07) is 0.0445. The van der Waals surface area contributed by atoms with Crippen molar-refractivity contribution in [3.05, 3.63) is 16.4 Å². The number of nitro groups is 1. The molecule has 1 heterocycles. The van der Waals surface area contributed by atoms with Crippen molar-refractivity contribution in [2.45, 2.75) is 26.8 Å². The summed E-state index contributed by atoms with van der Waals surface area (Å²) in [5.74, 6) is 0.170. The van der Waals surface area contributed by atoms with Gasteiger partial charge in [-0.1, -0.05) is 0 Å². The molecule has 0 saturated heterocycles. The van der Waals surface area contributed by atoms with Gasteiger partial charge in [0.15, 0.2) is 0 Å². The van der Waals surface area contributed by atoms with Gasteiger partial charge < -0.3 is 10.1 Å². The van der Waals surface area contributed by atoms with Crippen LogP contribution < -0.4 is 10.1 Å². The quantitative estimate of drug-likeness (QED) is 0.605. The number of nitrogens with one attached hydrogen (secondary N) is 1. The Labute approximate surface area is 93.0 Å². The zero-order chi connectivity index (χ0) is 12.1. The summed E-state index contributed by atoms with van der Waals surface area (Å²) in [5.41, 5.74) is -0.224. The van der Waals surface area contributed by atoms with Crippen molar-refractivity contribution in [3.63, 3.8) is 0 Å². The van der Waals surface area contributed by atoms with E-state index < -0.39 is 4.92 Å². The number of aromatic nitrogens is 2. The summed E-state index contributed by atoms with van der Waals surface area (Å²) in [7, 11) is 0. The smallest absolute Gasteiger partial charge is 0.372 e. The van der Waals surface area contributed by atoms with Gasteiger partial charge in [-0.2, -0.15) is 4.98 Å². The van der Waals surface area contributed by atoms with Crippen molar-refractivity contribution in [2.24, 2.45) is 0 Å². The standard InChI is InChI=1S/C9H14N4O3/c1-4-16-9-7(13(14)15)8(10-5-11-9)12-6(2)3/h5-6H,4H2,1-3H3,(H,10,11,12). The van der Waals surface area contributed by atoms with E-state index >= 15 is 0 Å². The molecule has 0 aromatic carbocycles. The molecule has 1 N–H and O–H groups in total. The molecule has 0 aliphatic carbocycles. The van der Waals surface area contributed by atoms with Crippen LogP contribution in [0.2, 0.25) is 0 Å². The molecule has 0 spiro atoms. The predicted molar refractivity (Wildman–Crippen MR) is 58.6 cm³/mol. The largest absolute Gasteiger partial charge is 0.473 e. The molecule has 1 aromatic rings. The van der Waals surface area contributed by atoms with Gasteiger partial charge >= 0.3 is 5.69 Å². The molecule has 0 aliphatic rings.